The van der Waals surface area contributed by atoms with E-state index in [1.54, 1.807) is 0 Å². The maximum atomic E-state index is 12.7. The second-order valence-electron chi connectivity index (χ2n) is 6.64. The summed E-state index contributed by atoms with van der Waals surface area (Å²) in [4.78, 5) is 12.0. The number of esters is 1. The first-order valence-electron chi connectivity index (χ1n) is 7.73. The van der Waals surface area contributed by atoms with E-state index in [0.29, 0.717) is 12.4 Å². The molecule has 24 heavy (non-hydrogen) atoms. The number of benzene rings is 1. The van der Waals surface area contributed by atoms with Crippen LogP contribution in [0.5, 0.6) is 5.75 Å². The summed E-state index contributed by atoms with van der Waals surface area (Å²) >= 11 is 2.06. The summed E-state index contributed by atoms with van der Waals surface area (Å²) in [6.07, 6.45) is 0.0347. The standard InChI is InChI=1S/C17H26BrNO4S/c1-7-23-14-10-12(18)8-9-13(14)17(5,11-15(20)22-6)19-24(21)16(2,3)4/h8-10,19H,7,11H2,1-6H3/t17-,24+/m1/s1. The van der Waals surface area contributed by atoms with Crippen LogP contribution >= 0.6 is 15.9 Å². The molecule has 1 N–H and O–H groups in total. The second kappa shape index (κ2) is 8.56. The minimum Gasteiger partial charge on any atom is -0.598 e. The lowest BCUT2D eigenvalue weighted by Crippen LogP contribution is -2.51. The van der Waals surface area contributed by atoms with Gasteiger partial charge in [-0.25, -0.2) is 0 Å². The van der Waals surface area contributed by atoms with Crippen LogP contribution in [0.3, 0.4) is 0 Å². The highest BCUT2D eigenvalue weighted by atomic mass is 79.9. The number of carbonyl (C=O) groups is 1. The monoisotopic (exact) mass is 419 g/mol. The molecule has 136 valence electrons. The van der Waals surface area contributed by atoms with E-state index in [4.69, 9.17) is 9.47 Å². The van der Waals surface area contributed by atoms with Crippen molar-refractivity contribution < 1.29 is 18.8 Å². The number of carbonyl (C=O) groups excluding carboxylic acids is 1. The summed E-state index contributed by atoms with van der Waals surface area (Å²) in [5.41, 5.74) is -0.133. The van der Waals surface area contributed by atoms with Crippen molar-refractivity contribution in [2.24, 2.45) is 0 Å². The Balaban J connectivity index is 3.34. The third-order valence-corrected chi connectivity index (χ3v) is 5.68. The number of hydrogen-bond acceptors (Lipinski definition) is 5. The molecule has 0 saturated heterocycles. The average molecular weight is 420 g/mol. The smallest absolute Gasteiger partial charge is 0.307 e. The molecule has 1 aromatic carbocycles. The lowest BCUT2D eigenvalue weighted by Gasteiger charge is -2.35. The Hall–Kier alpha value is -0.760. The van der Waals surface area contributed by atoms with E-state index in [1.807, 2.05) is 52.8 Å². The Morgan fingerprint density at radius 1 is 1.33 bits per heavy atom. The van der Waals surface area contributed by atoms with Crippen LogP contribution < -0.4 is 9.46 Å². The first kappa shape index (κ1) is 21.3. The summed E-state index contributed by atoms with van der Waals surface area (Å²) in [5, 5.41) is 0. The van der Waals surface area contributed by atoms with Gasteiger partial charge in [-0.2, -0.15) is 0 Å². The quantitative estimate of drug-likeness (QED) is 0.538. The molecule has 7 heteroatoms. The molecule has 5 nitrogen and oxygen atoms in total. The molecule has 0 fully saturated rings. The van der Waals surface area contributed by atoms with E-state index in [-0.39, 0.29) is 12.4 Å². The predicted octanol–water partition coefficient (Wildman–Crippen LogP) is 3.68. The molecular formula is C17H26BrNO4S. The van der Waals surface area contributed by atoms with Gasteiger partial charge in [-0.05, 0) is 46.8 Å². The largest absolute Gasteiger partial charge is 0.598 e. The molecule has 0 heterocycles. The van der Waals surface area contributed by atoms with Gasteiger partial charge >= 0.3 is 5.97 Å². The van der Waals surface area contributed by atoms with Gasteiger partial charge in [-0.15, -0.1) is 4.72 Å². The topological polar surface area (TPSA) is 70.6 Å². The highest BCUT2D eigenvalue weighted by molar-refractivity contribution is 9.10. The zero-order valence-electron chi connectivity index (χ0n) is 15.1. The second-order valence-corrected chi connectivity index (χ2v) is 9.52. The molecule has 0 aliphatic heterocycles. The number of methoxy groups -OCH3 is 1. The van der Waals surface area contributed by atoms with Gasteiger partial charge in [0.1, 0.15) is 10.5 Å². The van der Waals surface area contributed by atoms with Crippen LogP contribution in [-0.2, 0) is 26.4 Å². The Morgan fingerprint density at radius 2 is 1.96 bits per heavy atom. The third kappa shape index (κ3) is 5.65. The molecule has 2 atom stereocenters. The molecule has 0 aliphatic carbocycles. The number of halogens is 1. The zero-order chi connectivity index (χ0) is 18.5. The van der Waals surface area contributed by atoms with Crippen molar-refractivity contribution in [2.45, 2.75) is 51.3 Å². The maximum absolute atomic E-state index is 12.7. The Labute approximate surface area is 155 Å². The normalized spacial score (nSPS) is 15.5. The number of ether oxygens (including phenoxy) is 2. The van der Waals surface area contributed by atoms with Crippen molar-refractivity contribution in [3.8, 4) is 5.75 Å². The highest BCUT2D eigenvalue weighted by Crippen LogP contribution is 2.36. The van der Waals surface area contributed by atoms with Crippen molar-refractivity contribution in [1.82, 2.24) is 4.72 Å². The molecule has 0 amide bonds. The fraction of sp³-hybridized carbons (Fsp3) is 0.588. The van der Waals surface area contributed by atoms with E-state index >= 15 is 0 Å². The summed E-state index contributed by atoms with van der Waals surface area (Å²) < 4.78 is 26.7. The van der Waals surface area contributed by atoms with Gasteiger partial charge in [-0.3, -0.25) is 4.79 Å². The van der Waals surface area contributed by atoms with Gasteiger partial charge < -0.3 is 14.0 Å². The number of nitrogens with one attached hydrogen (secondary N) is 1. The highest BCUT2D eigenvalue weighted by Gasteiger charge is 2.40. The van der Waals surface area contributed by atoms with Gasteiger partial charge in [0.05, 0.1) is 25.7 Å². The summed E-state index contributed by atoms with van der Waals surface area (Å²) in [5.74, 6) is 0.248. The minimum atomic E-state index is -1.37. The predicted molar refractivity (Wildman–Crippen MR) is 100 cm³/mol. The van der Waals surface area contributed by atoms with Gasteiger partial charge in [0.25, 0.3) is 0 Å². The molecule has 0 unspecified atom stereocenters. The maximum Gasteiger partial charge on any atom is 0.307 e. The van der Waals surface area contributed by atoms with Crippen LogP contribution in [-0.4, -0.2) is 29.0 Å². The molecule has 0 saturated carbocycles. The van der Waals surface area contributed by atoms with E-state index in [9.17, 15) is 9.35 Å². The van der Waals surface area contributed by atoms with Crippen LogP contribution in [0.2, 0.25) is 0 Å². The minimum absolute atomic E-state index is 0.0347. The first-order chi connectivity index (χ1) is 11.0. The summed E-state index contributed by atoms with van der Waals surface area (Å²) in [6, 6.07) is 5.58. The SMILES string of the molecule is CCOc1cc(Br)ccc1[C@@](C)(CC(=O)OC)N[S@@+]([O-])C(C)(C)C. The van der Waals surface area contributed by atoms with E-state index in [2.05, 4.69) is 20.7 Å². The van der Waals surface area contributed by atoms with Crippen molar-refractivity contribution in [3.63, 3.8) is 0 Å². The first-order valence-corrected chi connectivity index (χ1v) is 9.67. The van der Waals surface area contributed by atoms with Crippen LogP contribution in [0.15, 0.2) is 22.7 Å². The fourth-order valence-electron chi connectivity index (χ4n) is 2.13. The van der Waals surface area contributed by atoms with E-state index < -0.39 is 21.6 Å². The van der Waals surface area contributed by atoms with E-state index in [1.165, 1.54) is 7.11 Å². The lowest BCUT2D eigenvalue weighted by molar-refractivity contribution is -0.142. The van der Waals surface area contributed by atoms with E-state index in [0.717, 1.165) is 10.0 Å². The van der Waals surface area contributed by atoms with Gasteiger partial charge in [0.2, 0.25) is 0 Å². The molecule has 0 radical (unpaired) electrons. The van der Waals surface area contributed by atoms with Crippen LogP contribution in [0.1, 0.15) is 46.6 Å². The molecular weight excluding hydrogens is 394 g/mol. The third-order valence-electron chi connectivity index (χ3n) is 3.44. The van der Waals surface area contributed by atoms with Crippen molar-refractivity contribution in [1.29, 1.82) is 0 Å². The molecule has 1 rings (SSSR count). The molecule has 1 aromatic rings. The molecule has 0 bridgehead atoms. The van der Waals surface area contributed by atoms with Crippen LogP contribution in [0, 0.1) is 0 Å². The van der Waals surface area contributed by atoms with Crippen molar-refractivity contribution in [3.05, 3.63) is 28.2 Å². The fourth-order valence-corrected chi connectivity index (χ4v) is 3.37. The Morgan fingerprint density at radius 3 is 2.46 bits per heavy atom. The molecule has 0 spiro atoms. The van der Waals surface area contributed by atoms with Crippen LogP contribution in [0.4, 0.5) is 0 Å². The molecule has 0 aliphatic rings. The summed E-state index contributed by atoms with van der Waals surface area (Å²) in [7, 11) is 1.34. The van der Waals surface area contributed by atoms with Crippen molar-refractivity contribution >= 4 is 33.3 Å². The lowest BCUT2D eigenvalue weighted by atomic mass is 9.89. The average Bonchev–Trinajstić information content (AvgIpc) is 2.46. The van der Waals surface area contributed by atoms with Crippen molar-refractivity contribution in [2.75, 3.05) is 13.7 Å². The molecule has 0 aromatic heterocycles. The Bertz CT molecular complexity index is 576. The number of rotatable bonds is 7. The summed E-state index contributed by atoms with van der Waals surface area (Å²) in [6.45, 7) is 9.83. The van der Waals surface area contributed by atoms with Crippen LogP contribution in [0.25, 0.3) is 0 Å². The number of hydrogen-bond donors (Lipinski definition) is 1. The zero-order valence-corrected chi connectivity index (χ0v) is 17.5. The Kier molecular flexibility index (Phi) is 7.59. The van der Waals surface area contributed by atoms with Gasteiger partial charge in [-0.1, -0.05) is 22.0 Å². The van der Waals surface area contributed by atoms with Gasteiger partial charge in [0.15, 0.2) is 0 Å². The van der Waals surface area contributed by atoms with Gasteiger partial charge in [0, 0.05) is 21.4 Å².